The van der Waals surface area contributed by atoms with E-state index in [0.29, 0.717) is 17.7 Å². The average molecular weight is 310 g/mol. The molecular formula is C18H18N2OS. The molecule has 0 aliphatic heterocycles. The molecule has 1 aromatic carbocycles. The Morgan fingerprint density at radius 3 is 2.55 bits per heavy atom. The molecule has 4 heteroatoms. The van der Waals surface area contributed by atoms with E-state index < -0.39 is 0 Å². The minimum atomic E-state index is -0.0627. The zero-order valence-corrected chi connectivity index (χ0v) is 13.2. The van der Waals surface area contributed by atoms with E-state index >= 15 is 0 Å². The first kappa shape index (κ1) is 14.8. The van der Waals surface area contributed by atoms with Crippen molar-refractivity contribution in [3.63, 3.8) is 0 Å². The van der Waals surface area contributed by atoms with Gasteiger partial charge < -0.3 is 5.32 Å². The van der Waals surface area contributed by atoms with Crippen LogP contribution in [0.25, 0.3) is 0 Å². The van der Waals surface area contributed by atoms with Gasteiger partial charge in [0.15, 0.2) is 0 Å². The number of nitrogens with zero attached hydrogens (tertiary/aromatic N) is 1. The average Bonchev–Trinajstić information content (AvgIpc) is 3.24. The van der Waals surface area contributed by atoms with Crippen molar-refractivity contribution in [1.29, 1.82) is 5.26 Å². The molecule has 112 valence electrons. The molecule has 1 N–H and O–H groups in total. The van der Waals surface area contributed by atoms with Crippen molar-refractivity contribution in [2.45, 2.75) is 31.1 Å². The van der Waals surface area contributed by atoms with Gasteiger partial charge in [-0.05, 0) is 48.6 Å². The van der Waals surface area contributed by atoms with E-state index in [0.717, 1.165) is 12.8 Å². The summed E-state index contributed by atoms with van der Waals surface area (Å²) in [6.07, 6.45) is 4.73. The monoisotopic (exact) mass is 310 g/mol. The van der Waals surface area contributed by atoms with Crippen LogP contribution in [0.3, 0.4) is 0 Å². The first-order valence-electron chi connectivity index (χ1n) is 7.56. The van der Waals surface area contributed by atoms with Crippen LogP contribution in [0.4, 0.5) is 0 Å². The number of nitrogens with one attached hydrogen (secondary N) is 1. The van der Waals surface area contributed by atoms with Crippen molar-refractivity contribution < 1.29 is 4.79 Å². The molecule has 1 saturated carbocycles. The second-order valence-electron chi connectivity index (χ2n) is 5.84. The van der Waals surface area contributed by atoms with Crippen molar-refractivity contribution in [1.82, 2.24) is 5.32 Å². The van der Waals surface area contributed by atoms with Gasteiger partial charge in [-0.2, -0.15) is 5.26 Å². The summed E-state index contributed by atoms with van der Waals surface area (Å²) in [7, 11) is 0. The number of benzene rings is 1. The van der Waals surface area contributed by atoms with Gasteiger partial charge in [-0.25, -0.2) is 0 Å². The highest BCUT2D eigenvalue weighted by Crippen LogP contribution is 2.42. The molecule has 0 radical (unpaired) electrons. The Morgan fingerprint density at radius 1 is 1.23 bits per heavy atom. The summed E-state index contributed by atoms with van der Waals surface area (Å²) in [6, 6.07) is 13.1. The minimum Gasteiger partial charge on any atom is -0.351 e. The van der Waals surface area contributed by atoms with E-state index in [1.165, 1.54) is 17.7 Å². The van der Waals surface area contributed by atoms with Crippen LogP contribution < -0.4 is 5.32 Å². The topological polar surface area (TPSA) is 52.9 Å². The van der Waals surface area contributed by atoms with Crippen LogP contribution in [-0.4, -0.2) is 12.5 Å². The van der Waals surface area contributed by atoms with Crippen LogP contribution in [0.5, 0.6) is 0 Å². The van der Waals surface area contributed by atoms with Crippen molar-refractivity contribution in [2.24, 2.45) is 0 Å². The van der Waals surface area contributed by atoms with Gasteiger partial charge in [0, 0.05) is 22.4 Å². The Balaban J connectivity index is 1.70. The summed E-state index contributed by atoms with van der Waals surface area (Å²) in [5.41, 5.74) is 1.29. The van der Waals surface area contributed by atoms with Gasteiger partial charge in [0.2, 0.25) is 0 Å². The number of rotatable bonds is 4. The van der Waals surface area contributed by atoms with Crippen LogP contribution in [0.2, 0.25) is 0 Å². The molecule has 3 rings (SSSR count). The SMILES string of the molecule is N#Cc1ccc(C(=O)NCC2(c3cccs3)CCCC2)cc1. The number of thiophene rings is 1. The third kappa shape index (κ3) is 2.90. The summed E-state index contributed by atoms with van der Waals surface area (Å²) in [5.74, 6) is -0.0627. The molecule has 0 saturated heterocycles. The standard InChI is InChI=1S/C18H18N2OS/c19-12-14-5-7-15(8-6-14)17(21)20-13-18(9-1-2-10-18)16-4-3-11-22-16/h3-8,11H,1-2,9-10,13H2,(H,20,21). The Morgan fingerprint density at radius 2 is 1.95 bits per heavy atom. The molecule has 3 nitrogen and oxygen atoms in total. The molecule has 2 aromatic rings. The lowest BCUT2D eigenvalue weighted by molar-refractivity contribution is 0.0943. The van der Waals surface area contributed by atoms with Crippen molar-refractivity contribution in [3.8, 4) is 6.07 Å². The fourth-order valence-corrected chi connectivity index (χ4v) is 4.18. The first-order valence-corrected chi connectivity index (χ1v) is 8.44. The van der Waals surface area contributed by atoms with E-state index in [4.69, 9.17) is 5.26 Å². The zero-order chi connectivity index (χ0) is 15.4. The number of hydrogen-bond acceptors (Lipinski definition) is 3. The minimum absolute atomic E-state index is 0.0627. The molecule has 1 aliphatic rings. The molecule has 1 aliphatic carbocycles. The first-order chi connectivity index (χ1) is 10.7. The number of hydrogen-bond donors (Lipinski definition) is 1. The summed E-state index contributed by atoms with van der Waals surface area (Å²) in [4.78, 5) is 13.7. The quantitative estimate of drug-likeness (QED) is 0.932. The Kier molecular flexibility index (Phi) is 4.26. The van der Waals surface area contributed by atoms with Gasteiger partial charge in [-0.1, -0.05) is 18.9 Å². The maximum atomic E-state index is 12.3. The molecule has 1 heterocycles. The van der Waals surface area contributed by atoms with Crippen LogP contribution in [0, 0.1) is 11.3 Å². The molecular weight excluding hydrogens is 292 g/mol. The van der Waals surface area contributed by atoms with Crippen LogP contribution >= 0.6 is 11.3 Å². The number of carbonyl (C=O) groups excluding carboxylic acids is 1. The van der Waals surface area contributed by atoms with Crippen molar-refractivity contribution in [3.05, 3.63) is 57.8 Å². The van der Waals surface area contributed by atoms with E-state index in [9.17, 15) is 4.79 Å². The van der Waals surface area contributed by atoms with Crippen molar-refractivity contribution >= 4 is 17.2 Å². The van der Waals surface area contributed by atoms with Crippen molar-refractivity contribution in [2.75, 3.05) is 6.54 Å². The smallest absolute Gasteiger partial charge is 0.251 e. The van der Waals surface area contributed by atoms with Gasteiger partial charge in [-0.15, -0.1) is 11.3 Å². The predicted octanol–water partition coefficient (Wildman–Crippen LogP) is 3.86. The normalized spacial score (nSPS) is 16.1. The van der Waals surface area contributed by atoms with Gasteiger partial charge in [0.25, 0.3) is 5.91 Å². The summed E-state index contributed by atoms with van der Waals surface area (Å²) >= 11 is 1.78. The van der Waals surface area contributed by atoms with E-state index in [1.807, 2.05) is 0 Å². The van der Waals surface area contributed by atoms with Crippen LogP contribution in [-0.2, 0) is 5.41 Å². The molecule has 0 bridgehead atoms. The molecule has 1 fully saturated rings. The lowest BCUT2D eigenvalue weighted by atomic mass is 9.84. The number of carbonyl (C=O) groups is 1. The summed E-state index contributed by atoms with van der Waals surface area (Å²) < 4.78 is 0. The highest BCUT2D eigenvalue weighted by molar-refractivity contribution is 7.10. The summed E-state index contributed by atoms with van der Waals surface area (Å²) in [5, 5.41) is 14.0. The number of amides is 1. The second kappa shape index (κ2) is 6.33. The molecule has 0 spiro atoms. The Labute approximate surface area is 134 Å². The highest BCUT2D eigenvalue weighted by atomic mass is 32.1. The van der Waals surface area contributed by atoms with Gasteiger partial charge in [0.05, 0.1) is 11.6 Å². The fraction of sp³-hybridized carbons (Fsp3) is 0.333. The highest BCUT2D eigenvalue weighted by Gasteiger charge is 2.36. The van der Waals surface area contributed by atoms with E-state index in [2.05, 4.69) is 28.9 Å². The lowest BCUT2D eigenvalue weighted by Gasteiger charge is -2.28. The molecule has 0 atom stereocenters. The molecule has 22 heavy (non-hydrogen) atoms. The largest absolute Gasteiger partial charge is 0.351 e. The summed E-state index contributed by atoms with van der Waals surface area (Å²) in [6.45, 7) is 0.687. The Hall–Kier alpha value is -2.12. The lowest BCUT2D eigenvalue weighted by Crippen LogP contribution is -2.38. The van der Waals surface area contributed by atoms with E-state index in [1.54, 1.807) is 35.6 Å². The van der Waals surface area contributed by atoms with Gasteiger partial charge in [-0.3, -0.25) is 4.79 Å². The predicted molar refractivity (Wildman–Crippen MR) is 88.0 cm³/mol. The van der Waals surface area contributed by atoms with Crippen LogP contribution in [0.15, 0.2) is 41.8 Å². The Bertz CT molecular complexity index is 677. The second-order valence-corrected chi connectivity index (χ2v) is 6.78. The maximum Gasteiger partial charge on any atom is 0.251 e. The fourth-order valence-electron chi connectivity index (χ4n) is 3.19. The molecule has 1 amide bonds. The van der Waals surface area contributed by atoms with Gasteiger partial charge in [0.1, 0.15) is 0 Å². The number of nitriles is 1. The van der Waals surface area contributed by atoms with E-state index in [-0.39, 0.29) is 11.3 Å². The third-order valence-corrected chi connectivity index (χ3v) is 5.58. The zero-order valence-electron chi connectivity index (χ0n) is 12.3. The maximum absolute atomic E-state index is 12.3. The van der Waals surface area contributed by atoms with Crippen LogP contribution in [0.1, 0.15) is 46.5 Å². The third-order valence-electron chi connectivity index (χ3n) is 4.47. The molecule has 1 aromatic heterocycles. The molecule has 0 unspecified atom stereocenters. The van der Waals surface area contributed by atoms with Gasteiger partial charge >= 0.3 is 0 Å².